The van der Waals surface area contributed by atoms with Crippen LogP contribution < -0.4 is 9.47 Å². The minimum Gasteiger partial charge on any atom is -0.496 e. The van der Waals surface area contributed by atoms with Crippen LogP contribution in [0, 0.1) is 13.8 Å². The van der Waals surface area contributed by atoms with Gasteiger partial charge in [0.25, 0.3) is 0 Å². The lowest BCUT2D eigenvalue weighted by Crippen LogP contribution is -2.03. The zero-order valence-corrected chi connectivity index (χ0v) is 11.1. The van der Waals surface area contributed by atoms with Crippen molar-refractivity contribution in [1.29, 1.82) is 0 Å². The van der Waals surface area contributed by atoms with Gasteiger partial charge < -0.3 is 9.47 Å². The Labute approximate surface area is 106 Å². The molecule has 0 bridgehead atoms. The van der Waals surface area contributed by atoms with Crippen molar-refractivity contribution in [2.75, 3.05) is 7.11 Å². The zero-order valence-electron chi connectivity index (χ0n) is 11.1. The maximum atomic E-state index is 5.63. The minimum atomic E-state index is 0.411. The summed E-state index contributed by atoms with van der Waals surface area (Å²) in [7, 11) is 3.52. The average Bonchev–Trinajstić information content (AvgIpc) is 2.75. The van der Waals surface area contributed by atoms with Crippen molar-refractivity contribution < 1.29 is 9.47 Å². The summed E-state index contributed by atoms with van der Waals surface area (Å²) in [4.78, 5) is 4.38. The number of nitrogens with zero attached hydrogens (tertiary/aromatic N) is 3. The van der Waals surface area contributed by atoms with Crippen molar-refractivity contribution in [3.8, 4) is 11.5 Å². The van der Waals surface area contributed by atoms with Crippen LogP contribution in [-0.4, -0.2) is 21.9 Å². The lowest BCUT2D eigenvalue weighted by atomic mass is 10.1. The third-order valence-corrected chi connectivity index (χ3v) is 2.81. The molecule has 0 atom stereocenters. The average molecular weight is 247 g/mol. The quantitative estimate of drug-likeness (QED) is 0.829. The first-order valence-corrected chi connectivity index (χ1v) is 5.72. The van der Waals surface area contributed by atoms with Gasteiger partial charge in [-0.2, -0.15) is 5.10 Å². The molecule has 5 heteroatoms. The predicted octanol–water partition coefficient (Wildman–Crippen LogP) is 2.02. The molecular formula is C13H17N3O2. The van der Waals surface area contributed by atoms with Crippen LogP contribution in [0.25, 0.3) is 0 Å². The van der Waals surface area contributed by atoms with Gasteiger partial charge in [-0.3, -0.25) is 9.67 Å². The highest BCUT2D eigenvalue weighted by Crippen LogP contribution is 2.24. The lowest BCUT2D eigenvalue weighted by molar-refractivity contribution is 0.298. The maximum Gasteiger partial charge on any atom is 0.157 e. The van der Waals surface area contributed by atoms with E-state index in [9.17, 15) is 0 Å². The van der Waals surface area contributed by atoms with Crippen LogP contribution in [0.5, 0.6) is 11.5 Å². The van der Waals surface area contributed by atoms with E-state index in [0.717, 1.165) is 28.3 Å². The Morgan fingerprint density at radius 1 is 1.28 bits per heavy atom. The summed E-state index contributed by atoms with van der Waals surface area (Å²) >= 11 is 0. The van der Waals surface area contributed by atoms with Crippen LogP contribution in [0.1, 0.15) is 16.8 Å². The number of pyridine rings is 1. The fourth-order valence-corrected chi connectivity index (χ4v) is 1.84. The van der Waals surface area contributed by atoms with E-state index < -0.39 is 0 Å². The van der Waals surface area contributed by atoms with Gasteiger partial charge in [-0.15, -0.1) is 0 Å². The summed E-state index contributed by atoms with van der Waals surface area (Å²) in [5.74, 6) is 1.60. The Kier molecular flexibility index (Phi) is 3.50. The van der Waals surface area contributed by atoms with E-state index in [-0.39, 0.29) is 0 Å². The number of methoxy groups -OCH3 is 1. The molecule has 2 aromatic heterocycles. The van der Waals surface area contributed by atoms with E-state index in [4.69, 9.17) is 9.47 Å². The highest BCUT2D eigenvalue weighted by molar-refractivity contribution is 5.40. The molecule has 0 saturated heterocycles. The Bertz CT molecular complexity index is 549. The van der Waals surface area contributed by atoms with Crippen molar-refractivity contribution in [3.63, 3.8) is 0 Å². The molecule has 96 valence electrons. The molecule has 2 heterocycles. The van der Waals surface area contributed by atoms with E-state index in [1.165, 1.54) is 0 Å². The van der Waals surface area contributed by atoms with E-state index in [1.54, 1.807) is 24.2 Å². The van der Waals surface area contributed by atoms with Crippen LogP contribution >= 0.6 is 0 Å². The number of hydrogen-bond acceptors (Lipinski definition) is 4. The van der Waals surface area contributed by atoms with Gasteiger partial charge in [0.05, 0.1) is 25.2 Å². The number of rotatable bonds is 4. The summed E-state index contributed by atoms with van der Waals surface area (Å²) in [6.07, 6.45) is 5.30. The number of hydrogen-bond donors (Lipinski definition) is 0. The normalized spacial score (nSPS) is 10.4. The van der Waals surface area contributed by atoms with E-state index in [2.05, 4.69) is 10.1 Å². The van der Waals surface area contributed by atoms with Crippen LogP contribution in [-0.2, 0) is 13.7 Å². The maximum absolute atomic E-state index is 5.63. The van der Waals surface area contributed by atoms with E-state index in [1.807, 2.05) is 27.1 Å². The van der Waals surface area contributed by atoms with Crippen molar-refractivity contribution in [1.82, 2.24) is 14.8 Å². The van der Waals surface area contributed by atoms with Gasteiger partial charge in [-0.25, -0.2) is 0 Å². The Morgan fingerprint density at radius 2 is 2.06 bits per heavy atom. The van der Waals surface area contributed by atoms with Gasteiger partial charge in [0, 0.05) is 24.4 Å². The summed E-state index contributed by atoms with van der Waals surface area (Å²) < 4.78 is 12.7. The van der Waals surface area contributed by atoms with Crippen molar-refractivity contribution >= 4 is 0 Å². The smallest absolute Gasteiger partial charge is 0.157 e. The predicted molar refractivity (Wildman–Crippen MR) is 67.8 cm³/mol. The molecule has 0 aromatic carbocycles. The largest absolute Gasteiger partial charge is 0.496 e. The fraction of sp³-hybridized carbons (Fsp3) is 0.385. The van der Waals surface area contributed by atoms with Crippen molar-refractivity contribution in [2.24, 2.45) is 7.05 Å². The van der Waals surface area contributed by atoms with Gasteiger partial charge in [-0.05, 0) is 13.8 Å². The Balaban J connectivity index is 2.14. The highest BCUT2D eigenvalue weighted by Gasteiger charge is 2.10. The van der Waals surface area contributed by atoms with Crippen LogP contribution in [0.4, 0.5) is 0 Å². The molecule has 0 saturated carbocycles. The summed E-state index contributed by atoms with van der Waals surface area (Å²) in [6.45, 7) is 4.37. The summed E-state index contributed by atoms with van der Waals surface area (Å²) in [6, 6.07) is 0. The Hall–Kier alpha value is -2.04. The van der Waals surface area contributed by atoms with Gasteiger partial charge in [0.1, 0.15) is 12.4 Å². The highest BCUT2D eigenvalue weighted by atomic mass is 16.5. The molecule has 2 rings (SSSR count). The third kappa shape index (κ3) is 2.45. The topological polar surface area (TPSA) is 49.2 Å². The van der Waals surface area contributed by atoms with Crippen molar-refractivity contribution in [3.05, 3.63) is 35.4 Å². The van der Waals surface area contributed by atoms with Gasteiger partial charge in [-0.1, -0.05) is 0 Å². The summed E-state index contributed by atoms with van der Waals surface area (Å²) in [5, 5.41) is 4.05. The number of aromatic nitrogens is 3. The minimum absolute atomic E-state index is 0.411. The molecule has 0 spiro atoms. The molecule has 0 fully saturated rings. The first-order chi connectivity index (χ1) is 8.61. The lowest BCUT2D eigenvalue weighted by Gasteiger charge is -2.12. The molecule has 0 aliphatic carbocycles. The molecular weight excluding hydrogens is 230 g/mol. The second-order valence-corrected chi connectivity index (χ2v) is 4.18. The molecule has 0 amide bonds. The first-order valence-electron chi connectivity index (χ1n) is 5.72. The molecule has 0 aliphatic rings. The zero-order chi connectivity index (χ0) is 13.1. The summed E-state index contributed by atoms with van der Waals surface area (Å²) in [5.41, 5.74) is 2.92. The second-order valence-electron chi connectivity index (χ2n) is 4.18. The fourth-order valence-electron chi connectivity index (χ4n) is 1.84. The number of ether oxygens (including phenoxy) is 2. The molecule has 0 radical (unpaired) electrons. The van der Waals surface area contributed by atoms with E-state index >= 15 is 0 Å². The first kappa shape index (κ1) is 12.4. The number of aryl methyl sites for hydroxylation is 2. The van der Waals surface area contributed by atoms with Crippen LogP contribution in [0.15, 0.2) is 18.6 Å². The van der Waals surface area contributed by atoms with Gasteiger partial charge in [0.15, 0.2) is 5.75 Å². The molecule has 0 aliphatic heterocycles. The monoisotopic (exact) mass is 247 g/mol. The molecule has 5 nitrogen and oxygen atoms in total. The van der Waals surface area contributed by atoms with E-state index in [0.29, 0.717) is 6.61 Å². The molecule has 0 N–H and O–H groups in total. The second kappa shape index (κ2) is 5.08. The van der Waals surface area contributed by atoms with Gasteiger partial charge in [0.2, 0.25) is 0 Å². The Morgan fingerprint density at radius 3 is 2.67 bits per heavy atom. The van der Waals surface area contributed by atoms with Crippen LogP contribution in [0.3, 0.4) is 0 Å². The van der Waals surface area contributed by atoms with Crippen LogP contribution in [0.2, 0.25) is 0 Å². The molecule has 2 aromatic rings. The van der Waals surface area contributed by atoms with Gasteiger partial charge >= 0.3 is 0 Å². The SMILES string of the molecule is COc1c(C)cnc(COc2cnn(C)c2)c1C. The molecule has 0 unspecified atom stereocenters. The van der Waals surface area contributed by atoms with Crippen molar-refractivity contribution in [2.45, 2.75) is 20.5 Å². The third-order valence-electron chi connectivity index (χ3n) is 2.81. The molecule has 18 heavy (non-hydrogen) atoms. The standard InChI is InChI=1S/C13H17N3O2/c1-9-5-14-12(10(2)13(9)17-4)8-18-11-6-15-16(3)7-11/h5-7H,8H2,1-4H3.